The van der Waals surface area contributed by atoms with Gasteiger partial charge in [0.25, 0.3) is 0 Å². The number of unbranched alkanes of at least 4 members (excludes halogenated alkanes) is 9. The summed E-state index contributed by atoms with van der Waals surface area (Å²) in [6, 6.07) is -0.0495. The molecule has 0 aromatic carbocycles. The summed E-state index contributed by atoms with van der Waals surface area (Å²) in [5.74, 6) is -0.0191. The van der Waals surface area contributed by atoms with Crippen molar-refractivity contribution in [1.29, 1.82) is 0 Å². The number of esters is 1. The first-order valence-corrected chi connectivity index (χ1v) is 16.5. The molecule has 1 unspecified atom stereocenters. The van der Waals surface area contributed by atoms with Crippen LogP contribution in [0.5, 0.6) is 0 Å². The summed E-state index contributed by atoms with van der Waals surface area (Å²) in [5.41, 5.74) is 0. The Kier molecular flexibility index (Phi) is 14.4. The Bertz CT molecular complexity index is 504. The number of rotatable bonds is 17. The minimum atomic E-state index is -1.76. The van der Waals surface area contributed by atoms with Gasteiger partial charge in [-0.15, -0.1) is 0 Å². The summed E-state index contributed by atoms with van der Waals surface area (Å²) >= 11 is 0. The van der Waals surface area contributed by atoms with Crippen LogP contribution in [-0.2, 0) is 14.0 Å². The quantitative estimate of drug-likeness (QED) is 0.124. The largest absolute Gasteiger partial charge is 0.461 e. The Morgan fingerprint density at radius 3 is 2.03 bits per heavy atom. The standard InChI is InChI=1S/C27H55NO3Si/c1-8-9-10-11-12-13-14-15-16-17-19-24(21-23-30-32(6,7)27(2,3)4)31-26(29)25-20-18-22-28(25)5/h24-25H,8-23H2,1-7H3/t24?,25-/m1/s1. The Balaban J connectivity index is 2.38. The molecule has 4 nitrogen and oxygen atoms in total. The molecule has 32 heavy (non-hydrogen) atoms. The lowest BCUT2D eigenvalue weighted by Gasteiger charge is -2.36. The van der Waals surface area contributed by atoms with Gasteiger partial charge < -0.3 is 9.16 Å². The Morgan fingerprint density at radius 1 is 0.969 bits per heavy atom. The van der Waals surface area contributed by atoms with Gasteiger partial charge in [0.05, 0.1) is 0 Å². The van der Waals surface area contributed by atoms with Crippen molar-refractivity contribution in [2.75, 3.05) is 20.2 Å². The Labute approximate surface area is 201 Å². The van der Waals surface area contributed by atoms with E-state index in [0.29, 0.717) is 6.61 Å². The predicted octanol–water partition coefficient (Wildman–Crippen LogP) is 7.72. The fourth-order valence-corrected chi connectivity index (χ4v) is 5.30. The lowest BCUT2D eigenvalue weighted by atomic mass is 10.0. The molecule has 0 spiro atoms. The van der Waals surface area contributed by atoms with Crippen molar-refractivity contribution < 1.29 is 14.0 Å². The summed E-state index contributed by atoms with van der Waals surface area (Å²) < 4.78 is 12.4. The first-order valence-electron chi connectivity index (χ1n) is 13.6. The molecule has 0 saturated carbocycles. The molecule has 1 saturated heterocycles. The molecule has 0 radical (unpaired) electrons. The lowest BCUT2D eigenvalue weighted by molar-refractivity contribution is -0.155. The predicted molar refractivity (Wildman–Crippen MR) is 140 cm³/mol. The number of hydrogen-bond acceptors (Lipinski definition) is 4. The highest BCUT2D eigenvalue weighted by molar-refractivity contribution is 6.74. The molecule has 1 fully saturated rings. The minimum Gasteiger partial charge on any atom is -0.461 e. The van der Waals surface area contributed by atoms with E-state index in [0.717, 1.165) is 38.6 Å². The van der Waals surface area contributed by atoms with Crippen LogP contribution in [-0.4, -0.2) is 51.5 Å². The maximum Gasteiger partial charge on any atom is 0.323 e. The van der Waals surface area contributed by atoms with Crippen molar-refractivity contribution in [2.24, 2.45) is 0 Å². The van der Waals surface area contributed by atoms with Gasteiger partial charge in [-0.3, -0.25) is 9.69 Å². The van der Waals surface area contributed by atoms with E-state index in [9.17, 15) is 4.79 Å². The fraction of sp³-hybridized carbons (Fsp3) is 0.963. The number of likely N-dealkylation sites (N-methyl/N-ethyl adjacent to an activating group) is 1. The van der Waals surface area contributed by atoms with Gasteiger partial charge in [-0.1, -0.05) is 85.5 Å². The first-order chi connectivity index (χ1) is 15.1. The SMILES string of the molecule is CCCCCCCCCCCCC(CCO[Si](C)(C)C(C)(C)C)OC(=O)[C@H]1CCCN1C. The maximum atomic E-state index is 12.8. The zero-order chi connectivity index (χ0) is 24.0. The zero-order valence-corrected chi connectivity index (χ0v) is 23.6. The van der Waals surface area contributed by atoms with Crippen molar-refractivity contribution >= 4 is 14.3 Å². The van der Waals surface area contributed by atoms with Crippen LogP contribution in [0.1, 0.15) is 118 Å². The van der Waals surface area contributed by atoms with E-state index >= 15 is 0 Å². The monoisotopic (exact) mass is 469 g/mol. The van der Waals surface area contributed by atoms with E-state index in [-0.39, 0.29) is 23.2 Å². The smallest absolute Gasteiger partial charge is 0.323 e. The van der Waals surface area contributed by atoms with E-state index in [4.69, 9.17) is 9.16 Å². The molecule has 1 rings (SSSR count). The van der Waals surface area contributed by atoms with Crippen molar-refractivity contribution in [1.82, 2.24) is 4.90 Å². The van der Waals surface area contributed by atoms with Crippen LogP contribution >= 0.6 is 0 Å². The van der Waals surface area contributed by atoms with Crippen molar-refractivity contribution in [3.63, 3.8) is 0 Å². The average molecular weight is 470 g/mol. The van der Waals surface area contributed by atoms with Gasteiger partial charge in [-0.25, -0.2) is 0 Å². The molecule has 0 aromatic heterocycles. The van der Waals surface area contributed by atoms with Gasteiger partial charge in [-0.2, -0.15) is 0 Å². The van der Waals surface area contributed by atoms with Crippen LogP contribution in [0.15, 0.2) is 0 Å². The second kappa shape index (κ2) is 15.5. The molecule has 0 aromatic rings. The van der Waals surface area contributed by atoms with Crippen molar-refractivity contribution in [3.8, 4) is 0 Å². The van der Waals surface area contributed by atoms with E-state index in [1.54, 1.807) is 0 Å². The highest BCUT2D eigenvalue weighted by Gasteiger charge is 2.37. The summed E-state index contributed by atoms with van der Waals surface area (Å²) in [4.78, 5) is 14.9. The maximum absolute atomic E-state index is 12.8. The highest BCUT2D eigenvalue weighted by atomic mass is 28.4. The van der Waals surface area contributed by atoms with Crippen LogP contribution in [0, 0.1) is 0 Å². The molecule has 0 amide bonds. The second-order valence-electron chi connectivity index (χ2n) is 11.6. The molecule has 5 heteroatoms. The second-order valence-corrected chi connectivity index (χ2v) is 16.4. The van der Waals surface area contributed by atoms with Crippen LogP contribution in [0.4, 0.5) is 0 Å². The van der Waals surface area contributed by atoms with Crippen LogP contribution in [0.25, 0.3) is 0 Å². The lowest BCUT2D eigenvalue weighted by Crippen LogP contribution is -2.41. The van der Waals surface area contributed by atoms with Gasteiger partial charge >= 0.3 is 5.97 Å². The highest BCUT2D eigenvalue weighted by Crippen LogP contribution is 2.36. The minimum absolute atomic E-state index is 0.00434. The first kappa shape index (κ1) is 29.6. The molecule has 0 bridgehead atoms. The molecular weight excluding hydrogens is 414 g/mol. The van der Waals surface area contributed by atoms with E-state index in [2.05, 4.69) is 45.7 Å². The van der Waals surface area contributed by atoms with Crippen LogP contribution in [0.3, 0.4) is 0 Å². The summed E-state index contributed by atoms with van der Waals surface area (Å²) in [7, 11) is 0.276. The normalized spacial score (nSPS) is 18.8. The molecule has 0 aliphatic carbocycles. The summed E-state index contributed by atoms with van der Waals surface area (Å²) in [5, 5.41) is 0.211. The van der Waals surface area contributed by atoms with Crippen LogP contribution < -0.4 is 0 Å². The Morgan fingerprint density at radius 2 is 1.53 bits per heavy atom. The Hall–Kier alpha value is -0.393. The molecule has 190 valence electrons. The molecule has 2 atom stereocenters. The third-order valence-electron chi connectivity index (χ3n) is 7.66. The molecule has 1 aliphatic rings. The average Bonchev–Trinajstić information content (AvgIpc) is 3.14. The fourth-order valence-electron chi connectivity index (χ4n) is 4.23. The zero-order valence-electron chi connectivity index (χ0n) is 22.6. The number of ether oxygens (including phenoxy) is 1. The van der Waals surface area contributed by atoms with E-state index < -0.39 is 8.32 Å². The van der Waals surface area contributed by atoms with Gasteiger partial charge in [0.15, 0.2) is 8.32 Å². The van der Waals surface area contributed by atoms with Crippen molar-refractivity contribution in [2.45, 2.75) is 148 Å². The van der Waals surface area contributed by atoms with Crippen LogP contribution in [0.2, 0.25) is 18.1 Å². The third-order valence-corrected chi connectivity index (χ3v) is 12.2. The number of carbonyl (C=O) groups excluding carboxylic acids is 1. The van der Waals surface area contributed by atoms with Gasteiger partial charge in [0.1, 0.15) is 12.1 Å². The number of likely N-dealkylation sites (tertiary alicyclic amines) is 1. The number of hydrogen-bond donors (Lipinski definition) is 0. The van der Waals surface area contributed by atoms with Gasteiger partial charge in [0, 0.05) is 13.0 Å². The number of nitrogens with zero attached hydrogens (tertiary/aromatic N) is 1. The number of carbonyl (C=O) groups is 1. The molecule has 1 aliphatic heterocycles. The summed E-state index contributed by atoms with van der Waals surface area (Å²) in [6.07, 6.45) is 17.1. The van der Waals surface area contributed by atoms with Crippen molar-refractivity contribution in [3.05, 3.63) is 0 Å². The van der Waals surface area contributed by atoms with E-state index in [1.165, 1.54) is 57.8 Å². The third kappa shape index (κ3) is 11.6. The topological polar surface area (TPSA) is 38.8 Å². The van der Waals surface area contributed by atoms with Gasteiger partial charge in [-0.05, 0) is 57.4 Å². The summed E-state index contributed by atoms with van der Waals surface area (Å²) in [6.45, 7) is 15.4. The van der Waals surface area contributed by atoms with Gasteiger partial charge in [0.2, 0.25) is 0 Å². The molecular formula is C27H55NO3Si. The molecule has 1 heterocycles. The van der Waals surface area contributed by atoms with E-state index in [1.807, 2.05) is 7.05 Å². The molecule has 0 N–H and O–H groups in total.